The van der Waals surface area contributed by atoms with Crippen molar-refractivity contribution >= 4 is 0 Å². The van der Waals surface area contributed by atoms with Crippen LogP contribution in [0.1, 0.15) is 50.1 Å². The molecule has 2 aromatic rings. The predicted molar refractivity (Wildman–Crippen MR) is 80.8 cm³/mol. The van der Waals surface area contributed by atoms with Crippen LogP contribution in [-0.4, -0.2) is 19.8 Å². The summed E-state index contributed by atoms with van der Waals surface area (Å²) in [4.78, 5) is 0. The zero-order valence-corrected chi connectivity index (χ0v) is 12.4. The van der Waals surface area contributed by atoms with Crippen LogP contribution >= 0.6 is 0 Å². The molecule has 1 aliphatic rings. The predicted octanol–water partition coefficient (Wildman–Crippen LogP) is 2.70. The van der Waals surface area contributed by atoms with Gasteiger partial charge in [-0.25, -0.2) is 9.36 Å². The minimum Gasteiger partial charge on any atom is -0.266 e. The molecule has 1 fully saturated rings. The largest absolute Gasteiger partial charge is 0.266 e. The van der Waals surface area contributed by atoms with Crippen molar-refractivity contribution in [3.05, 3.63) is 41.5 Å². The topological polar surface area (TPSA) is 59.5 Å². The molecule has 0 amide bonds. The summed E-state index contributed by atoms with van der Waals surface area (Å²) in [6.07, 6.45) is 8.09. The zero-order chi connectivity index (χ0) is 14.5. The summed E-state index contributed by atoms with van der Waals surface area (Å²) in [5.41, 5.74) is 1.79. The minimum absolute atomic E-state index is 0.383. The van der Waals surface area contributed by atoms with Gasteiger partial charge in [0.1, 0.15) is 0 Å². The fourth-order valence-corrected chi connectivity index (χ4v) is 3.09. The molecule has 3 rings (SSSR count). The van der Waals surface area contributed by atoms with Crippen LogP contribution in [-0.2, 0) is 13.0 Å². The highest BCUT2D eigenvalue weighted by molar-refractivity contribution is 5.14. The van der Waals surface area contributed by atoms with Gasteiger partial charge >= 0.3 is 0 Å². The molecule has 112 valence electrons. The van der Waals surface area contributed by atoms with E-state index in [0.29, 0.717) is 11.7 Å². The maximum Gasteiger partial charge on any atom is 0.238 e. The lowest BCUT2D eigenvalue weighted by atomic mass is 9.96. The standard InChI is InChI=1S/C16H23N5/c17-16-20(13-7-10-14-8-3-1-4-9-14)18-19-21(16)15-11-5-2-6-12-15/h1,3-4,8-9,15,17H,2,5-7,10-13H2. The summed E-state index contributed by atoms with van der Waals surface area (Å²) in [5, 5.41) is 16.6. The van der Waals surface area contributed by atoms with E-state index in [9.17, 15) is 0 Å². The highest BCUT2D eigenvalue weighted by Gasteiger charge is 2.18. The summed E-state index contributed by atoms with van der Waals surface area (Å²) in [7, 11) is 0. The molecule has 0 saturated heterocycles. The SMILES string of the molecule is N=c1n(CCCc2ccccc2)nnn1C1CCCCC1. The molecule has 0 spiro atoms. The van der Waals surface area contributed by atoms with Gasteiger partial charge in [0.25, 0.3) is 0 Å². The normalized spacial score (nSPS) is 16.2. The summed E-state index contributed by atoms with van der Waals surface area (Å²) < 4.78 is 3.55. The van der Waals surface area contributed by atoms with Gasteiger partial charge in [0, 0.05) is 6.54 Å². The lowest BCUT2D eigenvalue weighted by Crippen LogP contribution is -2.30. The quantitative estimate of drug-likeness (QED) is 0.918. The number of tetrazole rings is 1. The molecule has 0 aliphatic heterocycles. The van der Waals surface area contributed by atoms with E-state index in [1.165, 1.54) is 24.8 Å². The van der Waals surface area contributed by atoms with E-state index in [-0.39, 0.29) is 0 Å². The Kier molecular flexibility index (Phi) is 4.48. The first-order valence-corrected chi connectivity index (χ1v) is 7.95. The Morgan fingerprint density at radius 1 is 1.05 bits per heavy atom. The van der Waals surface area contributed by atoms with Crippen LogP contribution in [0.3, 0.4) is 0 Å². The van der Waals surface area contributed by atoms with Crippen LogP contribution < -0.4 is 5.62 Å². The van der Waals surface area contributed by atoms with Gasteiger partial charge in [-0.05, 0) is 41.7 Å². The molecule has 5 heteroatoms. The number of hydrogen-bond acceptors (Lipinski definition) is 3. The first kappa shape index (κ1) is 14.0. The molecule has 21 heavy (non-hydrogen) atoms. The Labute approximate surface area is 125 Å². The fraction of sp³-hybridized carbons (Fsp3) is 0.562. The van der Waals surface area contributed by atoms with Crippen LogP contribution in [0.2, 0.25) is 0 Å². The molecule has 0 unspecified atom stereocenters. The molecule has 1 N–H and O–H groups in total. The molecule has 1 aromatic heterocycles. The van der Waals surface area contributed by atoms with E-state index < -0.39 is 0 Å². The molecule has 0 radical (unpaired) electrons. The van der Waals surface area contributed by atoms with Gasteiger partial charge in [0.15, 0.2) is 0 Å². The van der Waals surface area contributed by atoms with Crippen LogP contribution in [0.4, 0.5) is 0 Å². The molecule has 5 nitrogen and oxygen atoms in total. The Bertz CT molecular complexity index is 607. The Hall–Kier alpha value is -1.91. The van der Waals surface area contributed by atoms with E-state index in [0.717, 1.165) is 32.2 Å². The molecule has 1 aromatic carbocycles. The molecule has 1 aliphatic carbocycles. The summed E-state index contributed by atoms with van der Waals surface area (Å²) in [6.45, 7) is 0.764. The van der Waals surface area contributed by atoms with E-state index in [1.807, 2.05) is 10.7 Å². The third-order valence-corrected chi connectivity index (χ3v) is 4.30. The van der Waals surface area contributed by atoms with E-state index in [2.05, 4.69) is 34.7 Å². The van der Waals surface area contributed by atoms with E-state index in [4.69, 9.17) is 5.41 Å². The first-order chi connectivity index (χ1) is 10.3. The van der Waals surface area contributed by atoms with Gasteiger partial charge in [-0.3, -0.25) is 5.41 Å². The number of nitrogens with zero attached hydrogens (tertiary/aromatic N) is 4. The Morgan fingerprint density at radius 2 is 1.81 bits per heavy atom. The van der Waals surface area contributed by atoms with Gasteiger partial charge in [-0.15, -0.1) is 0 Å². The molecular weight excluding hydrogens is 262 g/mol. The third kappa shape index (κ3) is 3.40. The van der Waals surface area contributed by atoms with Crippen molar-refractivity contribution in [1.29, 1.82) is 5.41 Å². The van der Waals surface area contributed by atoms with Gasteiger partial charge in [-0.1, -0.05) is 49.6 Å². The summed E-state index contributed by atoms with van der Waals surface area (Å²) in [6, 6.07) is 10.8. The lowest BCUT2D eigenvalue weighted by molar-refractivity contribution is 0.313. The molecule has 1 saturated carbocycles. The van der Waals surface area contributed by atoms with Gasteiger partial charge in [0.2, 0.25) is 5.62 Å². The summed E-state index contributed by atoms with van der Waals surface area (Å²) in [5.74, 6) is 0. The molecule has 0 atom stereocenters. The number of benzene rings is 1. The van der Waals surface area contributed by atoms with Crippen LogP contribution in [0.15, 0.2) is 30.3 Å². The second-order valence-corrected chi connectivity index (χ2v) is 5.85. The first-order valence-electron chi connectivity index (χ1n) is 7.95. The van der Waals surface area contributed by atoms with Crippen LogP contribution in [0.5, 0.6) is 0 Å². The lowest BCUT2D eigenvalue weighted by Gasteiger charge is -2.20. The second-order valence-electron chi connectivity index (χ2n) is 5.85. The minimum atomic E-state index is 0.383. The van der Waals surface area contributed by atoms with E-state index >= 15 is 0 Å². The van der Waals surface area contributed by atoms with Crippen molar-refractivity contribution in [2.75, 3.05) is 0 Å². The number of nitrogens with one attached hydrogen (secondary N) is 1. The van der Waals surface area contributed by atoms with Crippen molar-refractivity contribution in [2.45, 2.75) is 57.5 Å². The smallest absolute Gasteiger partial charge is 0.238 e. The molecule has 0 bridgehead atoms. The number of rotatable bonds is 5. The van der Waals surface area contributed by atoms with Crippen molar-refractivity contribution in [3.8, 4) is 0 Å². The van der Waals surface area contributed by atoms with E-state index in [1.54, 1.807) is 4.68 Å². The number of aromatic nitrogens is 4. The average Bonchev–Trinajstić information content (AvgIpc) is 2.90. The van der Waals surface area contributed by atoms with Crippen molar-refractivity contribution < 1.29 is 0 Å². The Morgan fingerprint density at radius 3 is 2.57 bits per heavy atom. The van der Waals surface area contributed by atoms with Gasteiger partial charge in [-0.2, -0.15) is 0 Å². The molecular formula is C16H23N5. The third-order valence-electron chi connectivity index (χ3n) is 4.30. The fourth-order valence-electron chi connectivity index (χ4n) is 3.09. The highest BCUT2D eigenvalue weighted by atomic mass is 15.6. The summed E-state index contributed by atoms with van der Waals surface area (Å²) >= 11 is 0. The van der Waals surface area contributed by atoms with Crippen molar-refractivity contribution in [1.82, 2.24) is 19.8 Å². The maximum absolute atomic E-state index is 8.25. The highest BCUT2D eigenvalue weighted by Crippen LogP contribution is 2.25. The number of aryl methyl sites for hydroxylation is 2. The van der Waals surface area contributed by atoms with Gasteiger partial charge in [0.05, 0.1) is 6.04 Å². The zero-order valence-electron chi connectivity index (χ0n) is 12.4. The van der Waals surface area contributed by atoms with Gasteiger partial charge < -0.3 is 0 Å². The second kappa shape index (κ2) is 6.70. The average molecular weight is 285 g/mol. The maximum atomic E-state index is 8.25. The Balaban J connectivity index is 1.59. The van der Waals surface area contributed by atoms with Crippen LogP contribution in [0.25, 0.3) is 0 Å². The monoisotopic (exact) mass is 285 g/mol. The number of hydrogen-bond donors (Lipinski definition) is 1. The van der Waals surface area contributed by atoms with Crippen molar-refractivity contribution in [3.63, 3.8) is 0 Å². The molecule has 1 heterocycles. The van der Waals surface area contributed by atoms with Crippen LogP contribution in [0, 0.1) is 5.41 Å². The van der Waals surface area contributed by atoms with Crippen molar-refractivity contribution in [2.24, 2.45) is 0 Å².